The third-order valence-corrected chi connectivity index (χ3v) is 4.59. The monoisotopic (exact) mass is 287 g/mol. The largest absolute Gasteiger partial charge is 0.399 e. The van der Waals surface area contributed by atoms with Crippen molar-refractivity contribution in [3.63, 3.8) is 0 Å². The second-order valence-electron chi connectivity index (χ2n) is 6.01. The summed E-state index contributed by atoms with van der Waals surface area (Å²) in [7, 11) is 2.12. The lowest BCUT2D eigenvalue weighted by Crippen LogP contribution is -2.43. The van der Waals surface area contributed by atoms with Crippen LogP contribution in [0.15, 0.2) is 18.2 Å². The molecule has 1 amide bonds. The van der Waals surface area contributed by atoms with Gasteiger partial charge in [0.1, 0.15) is 0 Å². The molecule has 1 atom stereocenters. The van der Waals surface area contributed by atoms with Crippen LogP contribution in [0.25, 0.3) is 0 Å². The van der Waals surface area contributed by atoms with E-state index in [2.05, 4.69) is 11.9 Å². The van der Waals surface area contributed by atoms with Gasteiger partial charge in [-0.2, -0.15) is 0 Å². The maximum absolute atomic E-state index is 12.2. The normalized spacial score (nSPS) is 22.7. The summed E-state index contributed by atoms with van der Waals surface area (Å²) in [6.45, 7) is 1.71. The molecule has 112 valence electrons. The Bertz CT molecular complexity index is 585. The van der Waals surface area contributed by atoms with Crippen LogP contribution in [0.4, 0.5) is 11.4 Å². The number of nitrogens with two attached hydrogens (primary N) is 1. The molecule has 5 nitrogen and oxygen atoms in total. The first-order valence-electron chi connectivity index (χ1n) is 7.49. The minimum atomic E-state index is -0.382. The maximum Gasteiger partial charge on any atom is 0.294 e. The van der Waals surface area contributed by atoms with E-state index in [9.17, 15) is 9.59 Å². The van der Waals surface area contributed by atoms with Gasteiger partial charge in [0.15, 0.2) is 0 Å². The van der Waals surface area contributed by atoms with E-state index >= 15 is 0 Å². The molecule has 0 aromatic heterocycles. The predicted octanol–water partition coefficient (Wildman–Crippen LogP) is 1.21. The molecule has 21 heavy (non-hydrogen) atoms. The molecule has 2 N–H and O–H groups in total. The average molecular weight is 287 g/mol. The first kappa shape index (κ1) is 14.1. The molecule has 1 aromatic rings. The first-order valence-corrected chi connectivity index (χ1v) is 7.49. The summed E-state index contributed by atoms with van der Waals surface area (Å²) >= 11 is 0. The molecule has 1 unspecified atom stereocenters. The van der Waals surface area contributed by atoms with Crippen LogP contribution in [0.5, 0.6) is 0 Å². The summed E-state index contributed by atoms with van der Waals surface area (Å²) in [5.41, 5.74) is 8.11. The smallest absolute Gasteiger partial charge is 0.294 e. The Morgan fingerprint density at radius 2 is 2.14 bits per heavy atom. The van der Waals surface area contributed by atoms with Gasteiger partial charge in [0.2, 0.25) is 5.78 Å². The van der Waals surface area contributed by atoms with Gasteiger partial charge in [-0.25, -0.2) is 0 Å². The van der Waals surface area contributed by atoms with E-state index in [1.165, 1.54) is 12.8 Å². The van der Waals surface area contributed by atoms with Gasteiger partial charge in [-0.3, -0.25) is 9.59 Å². The highest BCUT2D eigenvalue weighted by Gasteiger charge is 2.32. The first-order chi connectivity index (χ1) is 10.1. The number of nitrogen functional groups attached to an aromatic ring is 1. The van der Waals surface area contributed by atoms with Crippen LogP contribution < -0.4 is 10.6 Å². The molecule has 3 rings (SSSR count). The average Bonchev–Trinajstić information content (AvgIpc) is 2.85. The van der Waals surface area contributed by atoms with Gasteiger partial charge < -0.3 is 15.5 Å². The predicted molar refractivity (Wildman–Crippen MR) is 82.2 cm³/mol. The third-order valence-electron chi connectivity index (χ3n) is 4.59. The Balaban J connectivity index is 1.80. The fraction of sp³-hybridized carbons (Fsp3) is 0.500. The minimum absolute atomic E-state index is 0.166. The lowest BCUT2D eigenvalue weighted by Gasteiger charge is -2.30. The topological polar surface area (TPSA) is 66.6 Å². The zero-order valence-electron chi connectivity index (χ0n) is 12.3. The van der Waals surface area contributed by atoms with Crippen molar-refractivity contribution < 1.29 is 9.59 Å². The summed E-state index contributed by atoms with van der Waals surface area (Å²) in [6, 6.07) is 5.95. The molecule has 1 fully saturated rings. The molecule has 2 heterocycles. The van der Waals surface area contributed by atoms with Crippen LogP contribution in [-0.2, 0) is 16.0 Å². The Morgan fingerprint density at radius 1 is 1.33 bits per heavy atom. The summed E-state index contributed by atoms with van der Waals surface area (Å²) in [4.78, 5) is 28.1. The highest BCUT2D eigenvalue weighted by molar-refractivity contribution is 6.43. The molecule has 2 aliphatic heterocycles. The number of likely N-dealkylation sites (tertiary alicyclic amines) is 1. The van der Waals surface area contributed by atoms with Crippen LogP contribution in [0.1, 0.15) is 24.8 Å². The van der Waals surface area contributed by atoms with Gasteiger partial charge in [-0.15, -0.1) is 0 Å². The van der Waals surface area contributed by atoms with E-state index < -0.39 is 0 Å². The lowest BCUT2D eigenvalue weighted by atomic mass is 9.98. The Labute approximate surface area is 124 Å². The zero-order valence-corrected chi connectivity index (χ0v) is 12.3. The minimum Gasteiger partial charge on any atom is -0.399 e. The molecule has 1 saturated heterocycles. The van der Waals surface area contributed by atoms with Crippen molar-refractivity contribution >= 4 is 23.1 Å². The number of benzene rings is 1. The van der Waals surface area contributed by atoms with Crippen LogP contribution in [0, 0.1) is 0 Å². The number of Topliss-reactive ketones (excluding diaryl/α,β-unsaturated/α-hetero) is 1. The number of carbonyl (C=O) groups is 2. The van der Waals surface area contributed by atoms with Gasteiger partial charge in [0.25, 0.3) is 5.91 Å². The number of anilines is 2. The van der Waals surface area contributed by atoms with Gasteiger partial charge in [-0.05, 0) is 56.6 Å². The number of nitrogens with zero attached hydrogens (tertiary/aromatic N) is 2. The van der Waals surface area contributed by atoms with Gasteiger partial charge in [0.05, 0.1) is 0 Å². The highest BCUT2D eigenvalue weighted by atomic mass is 16.2. The van der Waals surface area contributed by atoms with E-state index in [1.807, 2.05) is 6.07 Å². The molecule has 0 radical (unpaired) electrons. The van der Waals surface area contributed by atoms with Crippen LogP contribution in [0.3, 0.4) is 0 Å². The van der Waals surface area contributed by atoms with Crippen LogP contribution >= 0.6 is 0 Å². The van der Waals surface area contributed by atoms with E-state index in [4.69, 9.17) is 5.73 Å². The maximum atomic E-state index is 12.2. The fourth-order valence-corrected chi connectivity index (χ4v) is 3.36. The number of hydrogen-bond donors (Lipinski definition) is 1. The van der Waals surface area contributed by atoms with Gasteiger partial charge in [0, 0.05) is 30.4 Å². The van der Waals surface area contributed by atoms with Crippen LogP contribution in [-0.4, -0.2) is 42.8 Å². The summed E-state index contributed by atoms with van der Waals surface area (Å²) in [5.74, 6) is -0.721. The van der Waals surface area contributed by atoms with Gasteiger partial charge >= 0.3 is 0 Å². The van der Waals surface area contributed by atoms with Crippen molar-refractivity contribution in [1.82, 2.24) is 4.90 Å². The van der Waals surface area contributed by atoms with Crippen molar-refractivity contribution in [1.29, 1.82) is 0 Å². The fourth-order valence-electron chi connectivity index (χ4n) is 3.36. The van der Waals surface area contributed by atoms with Crippen molar-refractivity contribution in [3.05, 3.63) is 23.8 Å². The lowest BCUT2D eigenvalue weighted by molar-refractivity contribution is -0.136. The van der Waals surface area contributed by atoms with E-state index in [-0.39, 0.29) is 18.1 Å². The molecule has 0 bridgehead atoms. The van der Waals surface area contributed by atoms with Crippen molar-refractivity contribution in [3.8, 4) is 0 Å². The standard InChI is InChI=1S/C16H21N3O2/c1-18-7-2-3-13(18)6-8-19-14-5-4-12(17)9-11(14)10-15(20)16(19)21/h4-5,9,13H,2-3,6-8,10,17H2,1H3. The van der Waals surface area contributed by atoms with Gasteiger partial charge in [-0.1, -0.05) is 0 Å². The number of carbonyl (C=O) groups excluding carboxylic acids is 2. The molecule has 0 spiro atoms. The van der Waals surface area contributed by atoms with E-state index in [1.54, 1.807) is 17.0 Å². The van der Waals surface area contributed by atoms with Crippen molar-refractivity contribution in [2.75, 3.05) is 30.8 Å². The quantitative estimate of drug-likeness (QED) is 0.670. The SMILES string of the molecule is CN1CCCC1CCN1C(=O)C(=O)Cc2cc(N)ccc21. The highest BCUT2D eigenvalue weighted by Crippen LogP contribution is 2.29. The number of ketones is 1. The number of rotatable bonds is 3. The molecule has 0 aliphatic carbocycles. The summed E-state index contributed by atoms with van der Waals surface area (Å²) < 4.78 is 0. The Kier molecular flexibility index (Phi) is 3.68. The molecule has 0 saturated carbocycles. The third kappa shape index (κ3) is 2.65. The second-order valence-corrected chi connectivity index (χ2v) is 6.01. The summed E-state index contributed by atoms with van der Waals surface area (Å²) in [5, 5.41) is 0. The molecule has 2 aliphatic rings. The molecule has 1 aromatic carbocycles. The van der Waals surface area contributed by atoms with Crippen LogP contribution in [0.2, 0.25) is 0 Å². The summed E-state index contributed by atoms with van der Waals surface area (Å²) in [6.07, 6.45) is 3.45. The second kappa shape index (κ2) is 5.48. The Hall–Kier alpha value is -1.88. The number of amides is 1. The zero-order chi connectivity index (χ0) is 15.0. The number of fused-ring (bicyclic) bond motifs is 1. The molecular weight excluding hydrogens is 266 g/mol. The van der Waals surface area contributed by atoms with E-state index in [0.717, 1.165) is 24.2 Å². The van der Waals surface area contributed by atoms with Crippen molar-refractivity contribution in [2.24, 2.45) is 0 Å². The molecule has 5 heteroatoms. The van der Waals surface area contributed by atoms with E-state index in [0.29, 0.717) is 18.3 Å². The van der Waals surface area contributed by atoms with Crippen molar-refractivity contribution in [2.45, 2.75) is 31.7 Å². The Morgan fingerprint density at radius 3 is 2.86 bits per heavy atom. The number of hydrogen-bond acceptors (Lipinski definition) is 4. The molecular formula is C16H21N3O2.